The second kappa shape index (κ2) is 11.6. The molecule has 3 fully saturated rings. The van der Waals surface area contributed by atoms with Gasteiger partial charge in [-0.05, 0) is 45.1 Å². The van der Waals surface area contributed by atoms with Crippen LogP contribution in [0.5, 0.6) is 0 Å². The molecule has 2 heterocycles. The summed E-state index contributed by atoms with van der Waals surface area (Å²) in [7, 11) is 1.63. The number of hydrogen-bond donors (Lipinski definition) is 2. The highest BCUT2D eigenvalue weighted by Gasteiger charge is 2.70. The van der Waals surface area contributed by atoms with Crippen LogP contribution in [0.2, 0.25) is 0 Å². The van der Waals surface area contributed by atoms with E-state index in [0.717, 1.165) is 18.4 Å². The zero-order valence-corrected chi connectivity index (χ0v) is 25.7. The van der Waals surface area contributed by atoms with Crippen LogP contribution in [0.25, 0.3) is 0 Å². The van der Waals surface area contributed by atoms with Gasteiger partial charge in [-0.2, -0.15) is 0 Å². The molecular weight excluding hydrogens is 550 g/mol. The van der Waals surface area contributed by atoms with Crippen LogP contribution in [0.15, 0.2) is 59.9 Å². The van der Waals surface area contributed by atoms with Crippen molar-refractivity contribution < 1.29 is 38.4 Å². The lowest BCUT2D eigenvalue weighted by Gasteiger charge is -2.50. The van der Waals surface area contributed by atoms with Crippen LogP contribution in [-0.2, 0) is 28.5 Å². The minimum atomic E-state index is -0.871. The van der Waals surface area contributed by atoms with E-state index >= 15 is 0 Å². The molecule has 2 saturated carbocycles. The maximum Gasteiger partial charge on any atom is 0.407 e. The average molecular weight is 596 g/mol. The van der Waals surface area contributed by atoms with Gasteiger partial charge < -0.3 is 34.1 Å². The normalized spacial score (nSPS) is 43.4. The first kappa shape index (κ1) is 30.2. The first-order valence-corrected chi connectivity index (χ1v) is 15.7. The molecule has 4 aliphatic carbocycles. The zero-order chi connectivity index (χ0) is 30.6. The number of hydrogen-bond acceptors (Lipinski definition) is 8. The van der Waals surface area contributed by atoms with Gasteiger partial charge in [0.25, 0.3) is 0 Å². The third-order valence-electron chi connectivity index (χ3n) is 10.4. The number of aliphatic hydroxyl groups excluding tert-OH is 1. The molecule has 1 saturated heterocycles. The van der Waals surface area contributed by atoms with E-state index in [0.29, 0.717) is 24.2 Å². The van der Waals surface area contributed by atoms with Gasteiger partial charge in [-0.15, -0.1) is 0 Å². The molecule has 12 atom stereocenters. The maximum absolute atomic E-state index is 13.3. The number of carbonyl (C=O) groups excluding carboxylic acids is 2. The summed E-state index contributed by atoms with van der Waals surface area (Å²) in [5, 5.41) is 13.6. The Morgan fingerprint density at radius 1 is 1.19 bits per heavy atom. The smallest absolute Gasteiger partial charge is 0.407 e. The van der Waals surface area contributed by atoms with Gasteiger partial charge in [0.15, 0.2) is 0 Å². The molecule has 4 bridgehead atoms. The Bertz CT molecular complexity index is 1260. The third-order valence-corrected chi connectivity index (χ3v) is 10.4. The molecule has 0 aromatic carbocycles. The predicted octanol–water partition coefficient (Wildman–Crippen LogP) is 4.53. The summed E-state index contributed by atoms with van der Waals surface area (Å²) in [4.78, 5) is 26.5. The predicted molar refractivity (Wildman–Crippen MR) is 159 cm³/mol. The minimum Gasteiger partial charge on any atom is -0.489 e. The standard InChI is InChI=1S/C34H45NO8/c1-17-15-18(2)34-23(16-26(39-6)21(5)40-28(17)20(4)36)11-14-25-27(34)29(42-33(38)35-24-12-13-24)19(3)30(31(25)43-34)41-32(37)22-9-7-8-10-22/h7-9,11,14-15,17,19-20,23-31,36H,5,10,12-13,16H2,1-4,6H3,(H,35,38)/b18-15+/t17-,19-,20-,23?,25-,26+,27+,28+,29-,30-,31-,34+/m1/s1. The van der Waals surface area contributed by atoms with Crippen molar-refractivity contribution in [2.24, 2.45) is 29.6 Å². The number of esters is 1. The van der Waals surface area contributed by atoms with E-state index in [1.807, 2.05) is 26.0 Å². The van der Waals surface area contributed by atoms with Gasteiger partial charge in [-0.3, -0.25) is 0 Å². The average Bonchev–Trinajstić information content (AvgIpc) is 3.54. The molecule has 9 nitrogen and oxygen atoms in total. The number of allylic oxidation sites excluding steroid dienone is 3. The Balaban J connectivity index is 1.44. The van der Waals surface area contributed by atoms with E-state index in [4.69, 9.17) is 23.7 Å². The molecule has 1 spiro atoms. The van der Waals surface area contributed by atoms with Crippen molar-refractivity contribution >= 4 is 12.1 Å². The van der Waals surface area contributed by atoms with Crippen molar-refractivity contribution in [2.45, 2.75) is 102 Å². The zero-order valence-electron chi connectivity index (χ0n) is 25.7. The van der Waals surface area contributed by atoms with Gasteiger partial charge >= 0.3 is 12.1 Å². The largest absolute Gasteiger partial charge is 0.489 e. The van der Waals surface area contributed by atoms with Crippen molar-refractivity contribution in [3.05, 3.63) is 59.9 Å². The van der Waals surface area contributed by atoms with E-state index in [9.17, 15) is 14.7 Å². The lowest BCUT2D eigenvalue weighted by molar-refractivity contribution is -0.165. The second-order valence-corrected chi connectivity index (χ2v) is 13.3. The van der Waals surface area contributed by atoms with Crippen LogP contribution in [0.4, 0.5) is 4.79 Å². The second-order valence-electron chi connectivity index (χ2n) is 13.3. The number of amides is 1. The van der Waals surface area contributed by atoms with Crippen molar-refractivity contribution in [1.82, 2.24) is 5.32 Å². The number of rotatable bonds is 6. The van der Waals surface area contributed by atoms with E-state index in [-0.39, 0.29) is 41.6 Å². The third kappa shape index (κ3) is 5.27. The molecule has 43 heavy (non-hydrogen) atoms. The molecule has 0 aromatic heterocycles. The molecule has 0 aromatic rings. The number of carbonyl (C=O) groups is 2. The Kier molecular flexibility index (Phi) is 8.11. The fourth-order valence-electron chi connectivity index (χ4n) is 8.12. The maximum atomic E-state index is 13.3. The number of ether oxygens (including phenoxy) is 5. The van der Waals surface area contributed by atoms with E-state index in [1.54, 1.807) is 20.1 Å². The van der Waals surface area contributed by atoms with Crippen LogP contribution in [0.3, 0.4) is 0 Å². The lowest BCUT2D eigenvalue weighted by Crippen LogP contribution is -2.58. The van der Waals surface area contributed by atoms with Crippen molar-refractivity contribution in [3.8, 4) is 0 Å². The fraction of sp³-hybridized carbons (Fsp3) is 0.647. The van der Waals surface area contributed by atoms with E-state index in [2.05, 4.69) is 37.0 Å². The molecular formula is C34H45NO8. The van der Waals surface area contributed by atoms with Crippen LogP contribution in [-0.4, -0.2) is 72.5 Å². The van der Waals surface area contributed by atoms with Crippen LogP contribution in [0.1, 0.15) is 53.4 Å². The number of aliphatic hydroxyl groups is 1. The molecule has 6 rings (SSSR count). The number of alkyl carbamates (subject to hydrolysis) is 1. The van der Waals surface area contributed by atoms with Crippen molar-refractivity contribution in [3.63, 3.8) is 0 Å². The first-order chi connectivity index (χ1) is 20.5. The van der Waals surface area contributed by atoms with Gasteiger partial charge in [0.05, 0.1) is 6.10 Å². The van der Waals surface area contributed by atoms with Crippen LogP contribution in [0, 0.1) is 29.6 Å². The van der Waals surface area contributed by atoms with Gasteiger partial charge in [-0.25, -0.2) is 9.59 Å². The molecule has 2 N–H and O–H groups in total. The summed E-state index contributed by atoms with van der Waals surface area (Å²) in [6.07, 6.45) is 11.1. The Hall–Kier alpha value is -2.88. The fourth-order valence-corrected chi connectivity index (χ4v) is 8.12. The topological polar surface area (TPSA) is 113 Å². The molecule has 234 valence electrons. The summed E-state index contributed by atoms with van der Waals surface area (Å²) in [5.74, 6) is -0.968. The monoisotopic (exact) mass is 595 g/mol. The molecule has 0 radical (unpaired) electrons. The quantitative estimate of drug-likeness (QED) is 0.340. The minimum absolute atomic E-state index is 0.140. The lowest BCUT2D eigenvalue weighted by atomic mass is 9.57. The number of methoxy groups -OCH3 is 1. The Morgan fingerprint density at radius 3 is 2.60 bits per heavy atom. The molecule has 2 aliphatic heterocycles. The number of nitrogens with one attached hydrogen (secondary N) is 1. The first-order valence-electron chi connectivity index (χ1n) is 15.7. The summed E-state index contributed by atoms with van der Waals surface area (Å²) in [5.41, 5.74) is 0.700. The van der Waals surface area contributed by atoms with Gasteiger partial charge in [0, 0.05) is 48.3 Å². The van der Waals surface area contributed by atoms with Crippen molar-refractivity contribution in [2.75, 3.05) is 7.11 Å². The molecule has 6 aliphatic rings. The summed E-state index contributed by atoms with van der Waals surface area (Å²) >= 11 is 0. The van der Waals surface area contributed by atoms with Crippen LogP contribution >= 0.6 is 0 Å². The Morgan fingerprint density at radius 2 is 1.95 bits per heavy atom. The van der Waals surface area contributed by atoms with Crippen LogP contribution < -0.4 is 5.32 Å². The summed E-state index contributed by atoms with van der Waals surface area (Å²) < 4.78 is 31.9. The Labute approximate surface area is 254 Å². The van der Waals surface area contributed by atoms with Gasteiger partial charge in [0.2, 0.25) is 0 Å². The van der Waals surface area contributed by atoms with Gasteiger partial charge in [0.1, 0.15) is 41.9 Å². The molecule has 1 amide bonds. The summed E-state index contributed by atoms with van der Waals surface area (Å²) in [6, 6.07) is 0.140. The SMILES string of the molecule is C=C1O[C@H]([C@@H](C)O)[C@H](C)/C=C(\C)[C@]23O[C@@H]4[C@H](C=CC2C[C@@H]1OC)[C@H]3[C@H](OC(=O)NC1CC1)[C@@H](C)[C@H]4OC(=O)C1=CC=CC1. The highest BCUT2D eigenvalue weighted by Crippen LogP contribution is 2.62. The van der Waals surface area contributed by atoms with E-state index in [1.165, 1.54) is 0 Å². The molecule has 9 heteroatoms. The summed E-state index contributed by atoms with van der Waals surface area (Å²) in [6.45, 7) is 11.9. The highest BCUT2D eigenvalue weighted by atomic mass is 16.6. The van der Waals surface area contributed by atoms with Gasteiger partial charge in [-0.1, -0.05) is 56.9 Å². The van der Waals surface area contributed by atoms with Crippen molar-refractivity contribution in [1.29, 1.82) is 0 Å². The highest BCUT2D eigenvalue weighted by molar-refractivity contribution is 5.90. The van der Waals surface area contributed by atoms with E-state index < -0.39 is 48.3 Å². The molecule has 1 unspecified atom stereocenters.